The molecule has 0 saturated heterocycles. The topological polar surface area (TPSA) is 64.8 Å². The second kappa shape index (κ2) is 4.76. The molecule has 0 fully saturated rings. The van der Waals surface area contributed by atoms with Gasteiger partial charge in [0.15, 0.2) is 9.84 Å². The van der Waals surface area contributed by atoms with Crippen LogP contribution in [0.3, 0.4) is 0 Å². The Morgan fingerprint density at radius 3 is 2.24 bits per heavy atom. The quantitative estimate of drug-likeness (QED) is 0.822. The second-order valence-electron chi connectivity index (χ2n) is 5.21. The minimum atomic E-state index is -3.04. The fourth-order valence-corrected chi connectivity index (χ4v) is 2.61. The number of hydrogen-bond donors (Lipinski definition) is 0. The van der Waals surface area contributed by atoms with Crippen molar-refractivity contribution >= 4 is 9.84 Å². The lowest BCUT2D eigenvalue weighted by Crippen LogP contribution is -2.30. The average molecular weight is 259 g/mol. The Labute approximate surface area is 103 Å². The standard InChI is InChI=1S/C11H21N3O2S/c1-9-12-10(2)14(13-9)7-6-8-17(15,16)11(3,4)5/h6-8H2,1-5H3. The van der Waals surface area contributed by atoms with Crippen LogP contribution < -0.4 is 0 Å². The first-order valence-corrected chi connectivity index (χ1v) is 7.39. The molecule has 0 spiro atoms. The molecule has 0 unspecified atom stereocenters. The first kappa shape index (κ1) is 14.2. The van der Waals surface area contributed by atoms with E-state index in [1.165, 1.54) is 0 Å². The molecule has 0 aliphatic heterocycles. The van der Waals surface area contributed by atoms with Gasteiger partial charge in [0, 0.05) is 6.54 Å². The summed E-state index contributed by atoms with van der Waals surface area (Å²) in [5.41, 5.74) is 0. The Balaban J connectivity index is 2.57. The number of aromatic nitrogens is 3. The summed E-state index contributed by atoms with van der Waals surface area (Å²) in [6.45, 7) is 9.49. The van der Waals surface area contributed by atoms with Crippen LogP contribution in [0.5, 0.6) is 0 Å². The van der Waals surface area contributed by atoms with Gasteiger partial charge in [0.2, 0.25) is 0 Å². The van der Waals surface area contributed by atoms with Crippen LogP contribution in [-0.4, -0.2) is 33.7 Å². The molecule has 1 aromatic rings. The fraction of sp³-hybridized carbons (Fsp3) is 0.818. The molecule has 0 aliphatic carbocycles. The molecule has 0 saturated carbocycles. The minimum Gasteiger partial charge on any atom is -0.250 e. The van der Waals surface area contributed by atoms with Crippen molar-refractivity contribution in [3.05, 3.63) is 11.6 Å². The summed E-state index contributed by atoms with van der Waals surface area (Å²) in [6, 6.07) is 0. The van der Waals surface area contributed by atoms with Gasteiger partial charge in [0.05, 0.1) is 10.5 Å². The van der Waals surface area contributed by atoms with Crippen LogP contribution in [0.4, 0.5) is 0 Å². The monoisotopic (exact) mass is 259 g/mol. The van der Waals surface area contributed by atoms with Crippen LogP contribution in [-0.2, 0) is 16.4 Å². The summed E-state index contributed by atoms with van der Waals surface area (Å²) in [4.78, 5) is 4.18. The van der Waals surface area contributed by atoms with Crippen LogP contribution in [0.25, 0.3) is 0 Å². The Kier molecular flexibility index (Phi) is 3.96. The SMILES string of the molecule is Cc1nc(C)n(CCCS(=O)(=O)C(C)(C)C)n1. The highest BCUT2D eigenvalue weighted by molar-refractivity contribution is 7.92. The van der Waals surface area contributed by atoms with E-state index in [1.807, 2.05) is 13.8 Å². The van der Waals surface area contributed by atoms with Crippen molar-refractivity contribution in [3.63, 3.8) is 0 Å². The maximum atomic E-state index is 11.9. The number of hydrogen-bond acceptors (Lipinski definition) is 4. The van der Waals surface area contributed by atoms with Gasteiger partial charge in [-0.25, -0.2) is 13.4 Å². The predicted molar refractivity (Wildman–Crippen MR) is 67.7 cm³/mol. The van der Waals surface area contributed by atoms with Gasteiger partial charge in [0.25, 0.3) is 0 Å². The third kappa shape index (κ3) is 3.52. The van der Waals surface area contributed by atoms with E-state index < -0.39 is 14.6 Å². The molecule has 0 radical (unpaired) electrons. The molecule has 5 nitrogen and oxygen atoms in total. The predicted octanol–water partition coefficient (Wildman–Crippen LogP) is 1.50. The fourth-order valence-electron chi connectivity index (χ4n) is 1.48. The first-order valence-electron chi connectivity index (χ1n) is 5.74. The van der Waals surface area contributed by atoms with Gasteiger partial charge in [0.1, 0.15) is 11.6 Å². The normalized spacial score (nSPS) is 13.0. The zero-order valence-corrected chi connectivity index (χ0v) is 12.0. The minimum absolute atomic E-state index is 0.189. The molecule has 0 atom stereocenters. The Hall–Kier alpha value is -0.910. The number of sulfone groups is 1. The summed E-state index contributed by atoms with van der Waals surface area (Å²) in [7, 11) is -3.04. The van der Waals surface area contributed by atoms with E-state index in [2.05, 4.69) is 10.1 Å². The molecular weight excluding hydrogens is 238 g/mol. The highest BCUT2D eigenvalue weighted by Crippen LogP contribution is 2.17. The van der Waals surface area contributed by atoms with Gasteiger partial charge in [-0.05, 0) is 41.0 Å². The van der Waals surface area contributed by atoms with E-state index in [0.29, 0.717) is 13.0 Å². The lowest BCUT2D eigenvalue weighted by atomic mass is 10.3. The van der Waals surface area contributed by atoms with Gasteiger partial charge in [-0.1, -0.05) is 0 Å². The van der Waals surface area contributed by atoms with Crippen LogP contribution in [0.15, 0.2) is 0 Å². The summed E-state index contributed by atoms with van der Waals surface area (Å²) >= 11 is 0. The largest absolute Gasteiger partial charge is 0.250 e. The Morgan fingerprint density at radius 2 is 1.82 bits per heavy atom. The maximum Gasteiger partial charge on any atom is 0.155 e. The maximum absolute atomic E-state index is 11.9. The van der Waals surface area contributed by atoms with E-state index in [9.17, 15) is 8.42 Å². The van der Waals surface area contributed by atoms with Crippen molar-refractivity contribution in [1.82, 2.24) is 14.8 Å². The molecule has 1 rings (SSSR count). The summed E-state index contributed by atoms with van der Waals surface area (Å²) in [6.07, 6.45) is 0.573. The van der Waals surface area contributed by atoms with Crippen molar-refractivity contribution in [2.24, 2.45) is 0 Å². The van der Waals surface area contributed by atoms with Crippen molar-refractivity contribution < 1.29 is 8.42 Å². The lowest BCUT2D eigenvalue weighted by Gasteiger charge is -2.18. The Morgan fingerprint density at radius 1 is 1.24 bits per heavy atom. The average Bonchev–Trinajstić information content (AvgIpc) is 2.43. The van der Waals surface area contributed by atoms with Gasteiger partial charge in [-0.15, -0.1) is 0 Å². The van der Waals surface area contributed by atoms with E-state index in [0.717, 1.165) is 11.6 Å². The molecule has 0 aliphatic rings. The van der Waals surface area contributed by atoms with Crippen molar-refractivity contribution in [3.8, 4) is 0 Å². The lowest BCUT2D eigenvalue weighted by molar-refractivity contribution is 0.541. The molecule has 0 amide bonds. The molecule has 6 heteroatoms. The molecule has 1 heterocycles. The number of nitrogens with zero attached hydrogens (tertiary/aromatic N) is 3. The van der Waals surface area contributed by atoms with Gasteiger partial charge in [-0.3, -0.25) is 4.68 Å². The van der Waals surface area contributed by atoms with Gasteiger partial charge in [-0.2, -0.15) is 5.10 Å². The van der Waals surface area contributed by atoms with E-state index >= 15 is 0 Å². The van der Waals surface area contributed by atoms with E-state index in [4.69, 9.17) is 0 Å². The zero-order valence-electron chi connectivity index (χ0n) is 11.2. The summed E-state index contributed by atoms with van der Waals surface area (Å²) < 4.78 is 24.9. The summed E-state index contributed by atoms with van der Waals surface area (Å²) in [5, 5.41) is 4.20. The van der Waals surface area contributed by atoms with Crippen molar-refractivity contribution in [2.75, 3.05) is 5.75 Å². The smallest absolute Gasteiger partial charge is 0.155 e. The molecule has 98 valence electrons. The van der Waals surface area contributed by atoms with Gasteiger partial charge < -0.3 is 0 Å². The summed E-state index contributed by atoms with van der Waals surface area (Å²) in [5.74, 6) is 1.74. The van der Waals surface area contributed by atoms with E-state index in [1.54, 1.807) is 25.5 Å². The van der Waals surface area contributed by atoms with Crippen LogP contribution in [0.1, 0.15) is 38.8 Å². The highest BCUT2D eigenvalue weighted by atomic mass is 32.2. The van der Waals surface area contributed by atoms with Gasteiger partial charge >= 0.3 is 0 Å². The second-order valence-corrected chi connectivity index (χ2v) is 8.08. The highest BCUT2D eigenvalue weighted by Gasteiger charge is 2.28. The molecule has 0 N–H and O–H groups in total. The molecular formula is C11H21N3O2S. The number of aryl methyl sites for hydroxylation is 3. The van der Waals surface area contributed by atoms with Crippen molar-refractivity contribution in [2.45, 2.75) is 52.3 Å². The molecule has 0 bridgehead atoms. The first-order chi connectivity index (χ1) is 7.63. The molecule has 1 aromatic heterocycles. The van der Waals surface area contributed by atoms with Crippen molar-refractivity contribution in [1.29, 1.82) is 0 Å². The Bertz CT molecular complexity index is 483. The van der Waals surface area contributed by atoms with Crippen LogP contribution in [0.2, 0.25) is 0 Å². The molecule has 17 heavy (non-hydrogen) atoms. The zero-order chi connectivity index (χ0) is 13.3. The molecule has 0 aromatic carbocycles. The third-order valence-corrected chi connectivity index (χ3v) is 5.37. The van der Waals surface area contributed by atoms with Crippen LogP contribution in [0, 0.1) is 13.8 Å². The van der Waals surface area contributed by atoms with E-state index in [-0.39, 0.29) is 5.75 Å². The van der Waals surface area contributed by atoms with Crippen LogP contribution >= 0.6 is 0 Å². The third-order valence-electron chi connectivity index (χ3n) is 2.68. The number of rotatable bonds is 4.